The van der Waals surface area contributed by atoms with Gasteiger partial charge in [0.1, 0.15) is 5.82 Å². The molecule has 0 aliphatic rings. The molecule has 1 heterocycles. The molecule has 0 spiro atoms. The van der Waals surface area contributed by atoms with Gasteiger partial charge in [-0.3, -0.25) is 0 Å². The zero-order valence-electron chi connectivity index (χ0n) is 9.67. The van der Waals surface area contributed by atoms with Crippen molar-refractivity contribution in [3.63, 3.8) is 0 Å². The molecule has 0 aliphatic heterocycles. The van der Waals surface area contributed by atoms with E-state index in [-0.39, 0.29) is 10.9 Å². The minimum absolute atomic E-state index is 0.0380. The van der Waals surface area contributed by atoms with Crippen molar-refractivity contribution in [3.05, 3.63) is 5.82 Å². The van der Waals surface area contributed by atoms with Gasteiger partial charge in [-0.15, -0.1) is 11.6 Å². The molecule has 1 N–H and O–H groups in total. The van der Waals surface area contributed by atoms with E-state index in [1.165, 1.54) is 11.5 Å². The second-order valence-electron chi connectivity index (χ2n) is 4.23. The van der Waals surface area contributed by atoms with E-state index in [1.54, 1.807) is 0 Å². The molecule has 1 aromatic rings. The molecule has 0 radical (unpaired) electrons. The molecule has 5 heteroatoms. The second-order valence-corrected chi connectivity index (χ2v) is 5.63. The standard InChI is InChI=1S/C10H18ClN3S/c1-5-6-8-12-9(15-14-8)13-10(3,4)7(2)11/h7H,5-6H2,1-4H3,(H,12,13,14). The first-order chi connectivity index (χ1) is 6.95. The van der Waals surface area contributed by atoms with Crippen molar-refractivity contribution in [1.82, 2.24) is 9.36 Å². The number of hydrogen-bond acceptors (Lipinski definition) is 4. The van der Waals surface area contributed by atoms with Gasteiger partial charge in [0, 0.05) is 18.0 Å². The van der Waals surface area contributed by atoms with Crippen LogP contribution in [0.25, 0.3) is 0 Å². The first-order valence-corrected chi connectivity index (χ1v) is 6.41. The lowest BCUT2D eigenvalue weighted by atomic mass is 10.0. The fourth-order valence-electron chi connectivity index (χ4n) is 1.00. The Balaban J connectivity index is 2.64. The summed E-state index contributed by atoms with van der Waals surface area (Å²) in [4.78, 5) is 4.41. The highest BCUT2D eigenvalue weighted by Crippen LogP contribution is 2.23. The zero-order valence-corrected chi connectivity index (χ0v) is 11.2. The van der Waals surface area contributed by atoms with Gasteiger partial charge in [0.25, 0.3) is 0 Å². The third-order valence-corrected chi connectivity index (χ3v) is 3.58. The van der Waals surface area contributed by atoms with Gasteiger partial charge < -0.3 is 5.32 Å². The number of aromatic nitrogens is 2. The fraction of sp³-hybridized carbons (Fsp3) is 0.800. The predicted octanol–water partition coefficient (Wildman–Crippen LogP) is 3.31. The van der Waals surface area contributed by atoms with Crippen LogP contribution in [0.3, 0.4) is 0 Å². The summed E-state index contributed by atoms with van der Waals surface area (Å²) >= 11 is 7.48. The lowest BCUT2D eigenvalue weighted by molar-refractivity contribution is 0.554. The highest BCUT2D eigenvalue weighted by Gasteiger charge is 2.25. The maximum Gasteiger partial charge on any atom is 0.203 e. The third kappa shape index (κ3) is 3.61. The van der Waals surface area contributed by atoms with Crippen LogP contribution in [0, 0.1) is 0 Å². The van der Waals surface area contributed by atoms with Crippen molar-refractivity contribution in [1.29, 1.82) is 0 Å². The Kier molecular flexibility index (Phi) is 4.34. The van der Waals surface area contributed by atoms with Crippen LogP contribution in [0.5, 0.6) is 0 Å². The summed E-state index contributed by atoms with van der Waals surface area (Å²) < 4.78 is 4.27. The Labute approximate surface area is 100 Å². The van der Waals surface area contributed by atoms with Crippen LogP contribution in [0.1, 0.15) is 39.9 Å². The van der Waals surface area contributed by atoms with Crippen LogP contribution in [0.4, 0.5) is 5.13 Å². The lowest BCUT2D eigenvalue weighted by Crippen LogP contribution is -2.38. The van der Waals surface area contributed by atoms with Crippen molar-refractivity contribution in [2.24, 2.45) is 0 Å². The minimum atomic E-state index is -0.162. The molecular formula is C10H18ClN3S. The third-order valence-electron chi connectivity index (χ3n) is 2.37. The molecule has 3 nitrogen and oxygen atoms in total. The molecular weight excluding hydrogens is 230 g/mol. The summed E-state index contributed by atoms with van der Waals surface area (Å²) in [5.74, 6) is 0.919. The van der Waals surface area contributed by atoms with E-state index in [4.69, 9.17) is 11.6 Å². The SMILES string of the molecule is CCCc1nsc(NC(C)(C)C(C)Cl)n1. The van der Waals surface area contributed by atoms with E-state index >= 15 is 0 Å². The molecule has 0 aromatic carbocycles. The molecule has 0 aliphatic carbocycles. The highest BCUT2D eigenvalue weighted by molar-refractivity contribution is 7.09. The normalized spacial score (nSPS) is 13.9. The Morgan fingerprint density at radius 3 is 2.73 bits per heavy atom. The number of nitrogens with one attached hydrogen (secondary N) is 1. The van der Waals surface area contributed by atoms with Crippen LogP contribution in [0.2, 0.25) is 0 Å². The summed E-state index contributed by atoms with van der Waals surface area (Å²) in [7, 11) is 0. The first kappa shape index (κ1) is 12.7. The Hall–Kier alpha value is -0.350. The van der Waals surface area contributed by atoms with Crippen molar-refractivity contribution in [3.8, 4) is 0 Å². The Morgan fingerprint density at radius 1 is 1.53 bits per heavy atom. The topological polar surface area (TPSA) is 37.8 Å². The average Bonchev–Trinajstić information content (AvgIpc) is 2.52. The number of halogens is 1. The average molecular weight is 248 g/mol. The molecule has 0 amide bonds. The van der Waals surface area contributed by atoms with Crippen molar-refractivity contribution in [2.75, 3.05) is 5.32 Å². The molecule has 1 unspecified atom stereocenters. The largest absolute Gasteiger partial charge is 0.354 e. The van der Waals surface area contributed by atoms with Crippen LogP contribution in [-0.2, 0) is 6.42 Å². The van der Waals surface area contributed by atoms with E-state index in [0.717, 1.165) is 23.8 Å². The molecule has 0 saturated carbocycles. The molecule has 1 rings (SSSR count). The Bertz CT molecular complexity index is 309. The van der Waals surface area contributed by atoms with Crippen LogP contribution < -0.4 is 5.32 Å². The zero-order chi connectivity index (χ0) is 11.5. The van der Waals surface area contributed by atoms with E-state index in [1.807, 2.05) is 6.92 Å². The van der Waals surface area contributed by atoms with Gasteiger partial charge in [0.15, 0.2) is 0 Å². The summed E-state index contributed by atoms with van der Waals surface area (Å²) in [5, 5.41) is 4.20. The lowest BCUT2D eigenvalue weighted by Gasteiger charge is -2.28. The molecule has 15 heavy (non-hydrogen) atoms. The van der Waals surface area contributed by atoms with E-state index < -0.39 is 0 Å². The van der Waals surface area contributed by atoms with Gasteiger partial charge in [-0.25, -0.2) is 4.98 Å². The van der Waals surface area contributed by atoms with Crippen LogP contribution >= 0.6 is 23.1 Å². The molecule has 0 saturated heterocycles. The summed E-state index contributed by atoms with van der Waals surface area (Å²) in [5.41, 5.74) is -0.162. The van der Waals surface area contributed by atoms with Crippen LogP contribution in [-0.4, -0.2) is 20.3 Å². The van der Waals surface area contributed by atoms with Gasteiger partial charge in [0.05, 0.1) is 10.9 Å². The van der Waals surface area contributed by atoms with Crippen molar-refractivity contribution >= 4 is 28.3 Å². The number of rotatable bonds is 5. The highest BCUT2D eigenvalue weighted by atomic mass is 35.5. The number of aryl methyl sites for hydroxylation is 1. The van der Waals surface area contributed by atoms with Gasteiger partial charge in [-0.2, -0.15) is 4.37 Å². The molecule has 86 valence electrons. The van der Waals surface area contributed by atoms with Crippen molar-refractivity contribution in [2.45, 2.75) is 51.5 Å². The number of anilines is 1. The number of nitrogens with zero attached hydrogens (tertiary/aromatic N) is 2. The van der Waals surface area contributed by atoms with E-state index in [9.17, 15) is 0 Å². The number of hydrogen-bond donors (Lipinski definition) is 1. The van der Waals surface area contributed by atoms with Gasteiger partial charge in [-0.05, 0) is 27.2 Å². The summed E-state index contributed by atoms with van der Waals surface area (Å²) in [6.07, 6.45) is 2.01. The van der Waals surface area contributed by atoms with Crippen molar-refractivity contribution < 1.29 is 0 Å². The first-order valence-electron chi connectivity index (χ1n) is 5.20. The predicted molar refractivity (Wildman–Crippen MR) is 66.9 cm³/mol. The van der Waals surface area contributed by atoms with Crippen LogP contribution in [0.15, 0.2) is 0 Å². The molecule has 1 atom stereocenters. The van der Waals surface area contributed by atoms with Gasteiger partial charge >= 0.3 is 0 Å². The summed E-state index contributed by atoms with van der Waals surface area (Å²) in [6, 6.07) is 0. The number of alkyl halides is 1. The smallest absolute Gasteiger partial charge is 0.203 e. The quantitative estimate of drug-likeness (QED) is 0.812. The molecule has 0 bridgehead atoms. The second kappa shape index (κ2) is 5.12. The Morgan fingerprint density at radius 2 is 2.20 bits per heavy atom. The molecule has 0 fully saturated rings. The maximum absolute atomic E-state index is 6.08. The van der Waals surface area contributed by atoms with Gasteiger partial charge in [-0.1, -0.05) is 6.92 Å². The van der Waals surface area contributed by atoms with E-state index in [0.29, 0.717) is 0 Å². The fourth-order valence-corrected chi connectivity index (χ4v) is 1.84. The van der Waals surface area contributed by atoms with E-state index in [2.05, 4.69) is 35.4 Å². The molecule has 1 aromatic heterocycles. The maximum atomic E-state index is 6.08. The summed E-state index contributed by atoms with van der Waals surface area (Å²) in [6.45, 7) is 8.22. The monoisotopic (exact) mass is 247 g/mol. The van der Waals surface area contributed by atoms with Gasteiger partial charge in [0.2, 0.25) is 5.13 Å². The minimum Gasteiger partial charge on any atom is -0.354 e.